The Kier molecular flexibility index (Phi) is 2.15. The maximum atomic E-state index is 11.2. The van der Waals surface area contributed by atoms with Crippen LogP contribution >= 0.6 is 0 Å². The molecule has 1 unspecified atom stereocenters. The molecule has 2 saturated heterocycles. The van der Waals surface area contributed by atoms with E-state index in [2.05, 4.69) is 0 Å². The molecule has 2 aliphatic rings. The summed E-state index contributed by atoms with van der Waals surface area (Å²) in [6.07, 6.45) is -0.249. The highest BCUT2D eigenvalue weighted by atomic mass is 16.5. The number of aliphatic carboxylic acids is 1. The predicted molar refractivity (Wildman–Crippen MR) is 47.5 cm³/mol. The van der Waals surface area contributed by atoms with Gasteiger partial charge in [0.2, 0.25) is 5.91 Å². The van der Waals surface area contributed by atoms with E-state index >= 15 is 0 Å². The van der Waals surface area contributed by atoms with Gasteiger partial charge in [-0.15, -0.1) is 0 Å². The number of carbonyl (C=O) groups is 2. The van der Waals surface area contributed by atoms with E-state index in [1.165, 1.54) is 4.90 Å². The van der Waals surface area contributed by atoms with Crippen molar-refractivity contribution in [3.05, 3.63) is 11.3 Å². The van der Waals surface area contributed by atoms with Crippen molar-refractivity contribution < 1.29 is 24.5 Å². The molecule has 1 amide bonds. The number of fused-ring (bicyclic) bond motifs is 1. The Morgan fingerprint density at radius 3 is 2.80 bits per heavy atom. The lowest BCUT2D eigenvalue weighted by Crippen LogP contribution is -2.54. The fourth-order valence-corrected chi connectivity index (χ4v) is 1.79. The monoisotopic (exact) mass is 213 g/mol. The Morgan fingerprint density at radius 1 is 1.67 bits per heavy atom. The highest BCUT2D eigenvalue weighted by molar-refractivity contribution is 5.91. The average molecular weight is 213 g/mol. The summed E-state index contributed by atoms with van der Waals surface area (Å²) in [5, 5.41) is 17.9. The van der Waals surface area contributed by atoms with Gasteiger partial charge in [-0.3, -0.25) is 9.69 Å². The van der Waals surface area contributed by atoms with Gasteiger partial charge in [-0.1, -0.05) is 0 Å². The number of hydrogen-bond acceptors (Lipinski definition) is 4. The van der Waals surface area contributed by atoms with E-state index in [0.717, 1.165) is 0 Å². The van der Waals surface area contributed by atoms with Crippen LogP contribution in [0.5, 0.6) is 0 Å². The second-order valence-corrected chi connectivity index (χ2v) is 3.62. The van der Waals surface area contributed by atoms with Gasteiger partial charge < -0.3 is 14.9 Å². The van der Waals surface area contributed by atoms with E-state index in [0.29, 0.717) is 5.57 Å². The topological polar surface area (TPSA) is 87.1 Å². The van der Waals surface area contributed by atoms with Gasteiger partial charge in [-0.05, 0) is 12.5 Å². The molecule has 0 aromatic carbocycles. The highest BCUT2D eigenvalue weighted by Gasteiger charge is 2.54. The van der Waals surface area contributed by atoms with Crippen molar-refractivity contribution in [2.24, 2.45) is 0 Å². The van der Waals surface area contributed by atoms with Gasteiger partial charge in [0.05, 0.1) is 13.0 Å². The second kappa shape index (κ2) is 3.23. The van der Waals surface area contributed by atoms with E-state index in [1.54, 1.807) is 6.92 Å². The Hall–Kier alpha value is -1.56. The molecule has 15 heavy (non-hydrogen) atoms. The van der Waals surface area contributed by atoms with E-state index < -0.39 is 18.2 Å². The van der Waals surface area contributed by atoms with E-state index in [9.17, 15) is 9.59 Å². The highest BCUT2D eigenvalue weighted by Crippen LogP contribution is 2.37. The van der Waals surface area contributed by atoms with Crippen LogP contribution in [0, 0.1) is 0 Å². The summed E-state index contributed by atoms with van der Waals surface area (Å²) < 4.78 is 5.30. The maximum Gasteiger partial charge on any atom is 0.334 e. The Morgan fingerprint density at radius 2 is 2.33 bits per heavy atom. The van der Waals surface area contributed by atoms with Crippen molar-refractivity contribution in [2.45, 2.75) is 25.6 Å². The fourth-order valence-electron chi connectivity index (χ4n) is 1.79. The molecular weight excluding hydrogens is 202 g/mol. The molecule has 0 aromatic rings. The molecule has 0 aromatic heterocycles. The molecule has 82 valence electrons. The number of aliphatic hydroxyl groups excluding tert-OH is 1. The number of ether oxygens (including phenoxy) is 1. The normalized spacial score (nSPS) is 31.9. The van der Waals surface area contributed by atoms with Crippen molar-refractivity contribution in [3.8, 4) is 0 Å². The summed E-state index contributed by atoms with van der Waals surface area (Å²) in [5.74, 6) is -1.16. The lowest BCUT2D eigenvalue weighted by molar-refractivity contribution is -0.163. The molecule has 2 rings (SSSR count). The molecule has 0 radical (unpaired) electrons. The molecule has 6 heteroatoms. The van der Waals surface area contributed by atoms with Crippen molar-refractivity contribution >= 4 is 11.9 Å². The first kappa shape index (κ1) is 9.97. The third-order valence-corrected chi connectivity index (χ3v) is 2.63. The molecule has 0 aliphatic carbocycles. The molecule has 0 spiro atoms. The standard InChI is InChI=1S/C9H11NO5/c1-4(3-11)8-7(9(13)14)10-5(12)2-6(10)15-8/h6-7,11H,2-3H2,1H3,(H,13,14)/b8-4-/t6-,7?/m1/s1. The van der Waals surface area contributed by atoms with Crippen LogP contribution in [0.3, 0.4) is 0 Å². The first-order valence-corrected chi connectivity index (χ1v) is 4.57. The van der Waals surface area contributed by atoms with Gasteiger partial charge in [-0.25, -0.2) is 4.79 Å². The SMILES string of the molecule is C/C(CO)=C1/O[C@@H]2CC(=O)N2C1C(=O)O. The summed E-state index contributed by atoms with van der Waals surface area (Å²) >= 11 is 0. The zero-order valence-electron chi connectivity index (χ0n) is 8.14. The fraction of sp³-hybridized carbons (Fsp3) is 0.556. The molecule has 2 atom stereocenters. The molecular formula is C9H11NO5. The van der Waals surface area contributed by atoms with Crippen molar-refractivity contribution in [1.82, 2.24) is 4.90 Å². The number of amides is 1. The second-order valence-electron chi connectivity index (χ2n) is 3.62. The summed E-state index contributed by atoms with van der Waals surface area (Å²) in [6, 6.07) is -1.07. The third-order valence-electron chi connectivity index (χ3n) is 2.63. The third kappa shape index (κ3) is 1.29. The molecule has 2 aliphatic heterocycles. The van der Waals surface area contributed by atoms with E-state index in [-0.39, 0.29) is 24.7 Å². The van der Waals surface area contributed by atoms with Crippen LogP contribution in [0.15, 0.2) is 11.3 Å². The maximum absolute atomic E-state index is 11.2. The van der Waals surface area contributed by atoms with Gasteiger partial charge in [0.1, 0.15) is 5.76 Å². The number of carboxylic acid groups (broad SMARTS) is 1. The Bertz CT molecular complexity index is 362. The van der Waals surface area contributed by atoms with Gasteiger partial charge >= 0.3 is 5.97 Å². The lowest BCUT2D eigenvalue weighted by atomic mass is 10.1. The van der Waals surface area contributed by atoms with Crippen LogP contribution < -0.4 is 0 Å². The molecule has 0 bridgehead atoms. The number of hydrogen-bond donors (Lipinski definition) is 2. The van der Waals surface area contributed by atoms with Crippen LogP contribution in [0.4, 0.5) is 0 Å². The largest absolute Gasteiger partial charge is 0.479 e. The van der Waals surface area contributed by atoms with Crippen LogP contribution in [-0.2, 0) is 14.3 Å². The molecule has 2 heterocycles. The number of carboxylic acids is 1. The number of carbonyl (C=O) groups excluding carboxylic acids is 1. The Labute approximate surface area is 85.7 Å². The van der Waals surface area contributed by atoms with Crippen LogP contribution in [-0.4, -0.2) is 45.9 Å². The van der Waals surface area contributed by atoms with Crippen LogP contribution in [0.25, 0.3) is 0 Å². The van der Waals surface area contributed by atoms with Crippen LogP contribution in [0.2, 0.25) is 0 Å². The number of β-lactam (4-membered cyclic amide) rings is 1. The van der Waals surface area contributed by atoms with Crippen molar-refractivity contribution in [2.75, 3.05) is 6.61 Å². The zero-order chi connectivity index (χ0) is 11.2. The number of nitrogens with zero attached hydrogens (tertiary/aromatic N) is 1. The van der Waals surface area contributed by atoms with E-state index in [1.807, 2.05) is 0 Å². The number of aliphatic hydroxyl groups is 1. The summed E-state index contributed by atoms with van der Waals surface area (Å²) in [4.78, 5) is 23.4. The van der Waals surface area contributed by atoms with Crippen LogP contribution in [0.1, 0.15) is 13.3 Å². The first-order valence-electron chi connectivity index (χ1n) is 4.57. The summed E-state index contributed by atoms with van der Waals surface area (Å²) in [6.45, 7) is 1.31. The minimum atomic E-state index is -1.13. The average Bonchev–Trinajstić information content (AvgIpc) is 2.50. The van der Waals surface area contributed by atoms with Gasteiger partial charge in [0.15, 0.2) is 12.3 Å². The lowest BCUT2D eigenvalue weighted by Gasteiger charge is -2.33. The van der Waals surface area contributed by atoms with Gasteiger partial charge in [-0.2, -0.15) is 0 Å². The smallest absolute Gasteiger partial charge is 0.334 e. The van der Waals surface area contributed by atoms with Crippen molar-refractivity contribution in [1.29, 1.82) is 0 Å². The quantitative estimate of drug-likeness (QED) is 0.592. The van der Waals surface area contributed by atoms with E-state index in [4.69, 9.17) is 14.9 Å². The first-order chi connectivity index (χ1) is 7.06. The minimum Gasteiger partial charge on any atom is -0.479 e. The van der Waals surface area contributed by atoms with Gasteiger partial charge in [0.25, 0.3) is 0 Å². The molecule has 6 nitrogen and oxygen atoms in total. The minimum absolute atomic E-state index is 0.195. The zero-order valence-corrected chi connectivity index (χ0v) is 8.14. The molecule has 0 saturated carbocycles. The molecule has 2 fully saturated rings. The number of rotatable bonds is 2. The summed E-state index contributed by atoms with van der Waals surface area (Å²) in [7, 11) is 0. The van der Waals surface area contributed by atoms with Gasteiger partial charge in [0, 0.05) is 0 Å². The Balaban J connectivity index is 2.35. The summed E-state index contributed by atoms with van der Waals surface area (Å²) in [5.41, 5.74) is 0.449. The molecule has 2 N–H and O–H groups in total. The predicted octanol–water partition coefficient (Wildman–Crippen LogP) is -0.706. The van der Waals surface area contributed by atoms with Crippen molar-refractivity contribution in [3.63, 3.8) is 0 Å².